The molecule has 0 aromatic carbocycles. The summed E-state index contributed by atoms with van der Waals surface area (Å²) in [6.07, 6.45) is -0.257. The highest BCUT2D eigenvalue weighted by atomic mass is 16.7. The molecule has 1 aliphatic heterocycles. The molecule has 0 aliphatic carbocycles. The second-order valence-corrected chi connectivity index (χ2v) is 6.82. The normalized spacial score (nSPS) is 21.5. The minimum absolute atomic E-state index is 0.0725. The van der Waals surface area contributed by atoms with Crippen LogP contribution in [0, 0.1) is 11.8 Å². The summed E-state index contributed by atoms with van der Waals surface area (Å²) in [5.41, 5.74) is -1.30. The van der Waals surface area contributed by atoms with Crippen molar-refractivity contribution in [1.82, 2.24) is 0 Å². The van der Waals surface area contributed by atoms with E-state index in [1.807, 2.05) is 27.7 Å². The van der Waals surface area contributed by atoms with Crippen molar-refractivity contribution in [3.63, 3.8) is 0 Å². The number of aliphatic hydroxyl groups is 1. The SMILES string of the molecule is CC(C)C(OC(=O)CC1(O)COC(C)(C)OC1)C(C)C. The maximum absolute atomic E-state index is 12.0. The van der Waals surface area contributed by atoms with Crippen LogP contribution >= 0.6 is 0 Å². The molecule has 0 spiro atoms. The molecule has 20 heavy (non-hydrogen) atoms. The molecule has 0 radical (unpaired) electrons. The van der Waals surface area contributed by atoms with Gasteiger partial charge in [0.15, 0.2) is 5.79 Å². The van der Waals surface area contributed by atoms with Crippen LogP contribution in [0.2, 0.25) is 0 Å². The Kier molecular flexibility index (Phi) is 5.58. The molecule has 0 aromatic heterocycles. The summed E-state index contributed by atoms with van der Waals surface area (Å²) in [6, 6.07) is 0. The van der Waals surface area contributed by atoms with E-state index in [1.54, 1.807) is 13.8 Å². The van der Waals surface area contributed by atoms with Gasteiger partial charge < -0.3 is 19.3 Å². The molecule has 5 nitrogen and oxygen atoms in total. The van der Waals surface area contributed by atoms with E-state index in [4.69, 9.17) is 14.2 Å². The van der Waals surface area contributed by atoms with Gasteiger partial charge in [0.25, 0.3) is 0 Å². The first-order valence-corrected chi connectivity index (χ1v) is 7.24. The fraction of sp³-hybridized carbons (Fsp3) is 0.933. The summed E-state index contributed by atoms with van der Waals surface area (Å²) >= 11 is 0. The second kappa shape index (κ2) is 6.41. The fourth-order valence-corrected chi connectivity index (χ4v) is 2.31. The molecule has 0 amide bonds. The van der Waals surface area contributed by atoms with Crippen LogP contribution in [0.25, 0.3) is 0 Å². The third-order valence-electron chi connectivity index (χ3n) is 3.43. The van der Waals surface area contributed by atoms with Gasteiger partial charge in [-0.3, -0.25) is 4.79 Å². The van der Waals surface area contributed by atoms with Gasteiger partial charge in [0, 0.05) is 0 Å². The Hall–Kier alpha value is -0.650. The van der Waals surface area contributed by atoms with Crippen molar-refractivity contribution in [2.45, 2.75) is 65.5 Å². The van der Waals surface area contributed by atoms with Gasteiger partial charge in [-0.2, -0.15) is 0 Å². The minimum Gasteiger partial charge on any atom is -0.462 e. The number of ether oxygens (including phenoxy) is 3. The molecule has 0 aromatic rings. The first-order chi connectivity index (χ1) is 9.05. The number of esters is 1. The van der Waals surface area contributed by atoms with Crippen molar-refractivity contribution in [2.24, 2.45) is 11.8 Å². The van der Waals surface area contributed by atoms with Crippen LogP contribution in [0.4, 0.5) is 0 Å². The third-order valence-corrected chi connectivity index (χ3v) is 3.43. The molecule has 1 aliphatic rings. The summed E-state index contributed by atoms with van der Waals surface area (Å²) in [5, 5.41) is 10.3. The number of carbonyl (C=O) groups excluding carboxylic acids is 1. The van der Waals surface area contributed by atoms with Crippen LogP contribution < -0.4 is 0 Å². The van der Waals surface area contributed by atoms with E-state index in [0.717, 1.165) is 0 Å². The molecule has 1 rings (SSSR count). The van der Waals surface area contributed by atoms with E-state index in [9.17, 15) is 9.90 Å². The molecule has 1 N–H and O–H groups in total. The highest BCUT2D eigenvalue weighted by Gasteiger charge is 2.41. The van der Waals surface area contributed by atoms with Gasteiger partial charge in [-0.05, 0) is 25.7 Å². The van der Waals surface area contributed by atoms with Crippen molar-refractivity contribution >= 4 is 5.97 Å². The maximum Gasteiger partial charge on any atom is 0.309 e. The molecule has 1 fully saturated rings. The van der Waals surface area contributed by atoms with Crippen molar-refractivity contribution in [1.29, 1.82) is 0 Å². The van der Waals surface area contributed by atoms with Gasteiger partial charge in [0.1, 0.15) is 11.7 Å². The molecule has 5 heteroatoms. The van der Waals surface area contributed by atoms with Crippen molar-refractivity contribution in [2.75, 3.05) is 13.2 Å². The van der Waals surface area contributed by atoms with Gasteiger partial charge in [-0.15, -0.1) is 0 Å². The highest BCUT2D eigenvalue weighted by molar-refractivity contribution is 5.71. The zero-order valence-electron chi connectivity index (χ0n) is 13.4. The Morgan fingerprint density at radius 2 is 1.60 bits per heavy atom. The zero-order valence-corrected chi connectivity index (χ0v) is 13.4. The van der Waals surface area contributed by atoms with E-state index in [0.29, 0.717) is 0 Å². The summed E-state index contributed by atoms with van der Waals surface area (Å²) in [6.45, 7) is 11.8. The van der Waals surface area contributed by atoms with Crippen molar-refractivity contribution in [3.8, 4) is 0 Å². The van der Waals surface area contributed by atoms with E-state index < -0.39 is 17.4 Å². The number of rotatable bonds is 5. The number of carbonyl (C=O) groups is 1. The van der Waals surface area contributed by atoms with Crippen LogP contribution in [0.15, 0.2) is 0 Å². The summed E-state index contributed by atoms with van der Waals surface area (Å²) in [5.74, 6) is -0.640. The van der Waals surface area contributed by atoms with Crippen molar-refractivity contribution in [3.05, 3.63) is 0 Å². The molecule has 0 atom stereocenters. The molecule has 1 saturated heterocycles. The Labute approximate surface area is 121 Å². The lowest BCUT2D eigenvalue weighted by Gasteiger charge is -2.40. The smallest absolute Gasteiger partial charge is 0.309 e. The van der Waals surface area contributed by atoms with Gasteiger partial charge in [-0.25, -0.2) is 0 Å². The number of hydrogen-bond acceptors (Lipinski definition) is 5. The Morgan fingerprint density at radius 3 is 2.00 bits per heavy atom. The lowest BCUT2D eigenvalue weighted by Crippen LogP contribution is -2.52. The number of hydrogen-bond donors (Lipinski definition) is 1. The molecule has 118 valence electrons. The van der Waals surface area contributed by atoms with Crippen LogP contribution in [0.3, 0.4) is 0 Å². The Balaban J connectivity index is 2.53. The highest BCUT2D eigenvalue weighted by Crippen LogP contribution is 2.27. The average Bonchev–Trinajstić information content (AvgIpc) is 2.30. The third kappa shape index (κ3) is 5.04. The lowest BCUT2D eigenvalue weighted by molar-refractivity contribution is -0.302. The van der Waals surface area contributed by atoms with Crippen LogP contribution in [0.5, 0.6) is 0 Å². The first-order valence-electron chi connectivity index (χ1n) is 7.24. The molecule has 0 bridgehead atoms. The molecule has 1 heterocycles. The van der Waals surface area contributed by atoms with Gasteiger partial charge in [-0.1, -0.05) is 27.7 Å². The monoisotopic (exact) mass is 288 g/mol. The summed E-state index contributed by atoms with van der Waals surface area (Å²) in [4.78, 5) is 12.0. The standard InChI is InChI=1S/C15H28O5/c1-10(2)13(11(3)4)20-12(16)7-15(17)8-18-14(5,6)19-9-15/h10-11,13,17H,7-9H2,1-6H3. The molecular formula is C15H28O5. The van der Waals surface area contributed by atoms with Crippen LogP contribution in [0.1, 0.15) is 48.0 Å². The summed E-state index contributed by atoms with van der Waals surface area (Å²) < 4.78 is 16.3. The summed E-state index contributed by atoms with van der Waals surface area (Å²) in [7, 11) is 0. The van der Waals surface area contributed by atoms with E-state index in [2.05, 4.69) is 0 Å². The van der Waals surface area contributed by atoms with Gasteiger partial charge in [0.05, 0.1) is 19.6 Å². The van der Waals surface area contributed by atoms with Crippen LogP contribution in [-0.2, 0) is 19.0 Å². The Morgan fingerprint density at radius 1 is 1.15 bits per heavy atom. The van der Waals surface area contributed by atoms with E-state index >= 15 is 0 Å². The van der Waals surface area contributed by atoms with E-state index in [1.165, 1.54) is 0 Å². The minimum atomic E-state index is -1.30. The van der Waals surface area contributed by atoms with Gasteiger partial charge >= 0.3 is 5.97 Å². The predicted molar refractivity (Wildman–Crippen MR) is 75.1 cm³/mol. The van der Waals surface area contributed by atoms with Gasteiger partial charge in [0.2, 0.25) is 0 Å². The average molecular weight is 288 g/mol. The van der Waals surface area contributed by atoms with Crippen molar-refractivity contribution < 1.29 is 24.1 Å². The molecule has 0 unspecified atom stereocenters. The zero-order chi connectivity index (χ0) is 15.6. The maximum atomic E-state index is 12.0. The quantitative estimate of drug-likeness (QED) is 0.785. The largest absolute Gasteiger partial charge is 0.462 e. The second-order valence-electron chi connectivity index (χ2n) is 6.82. The lowest BCUT2D eigenvalue weighted by atomic mass is 9.95. The fourth-order valence-electron chi connectivity index (χ4n) is 2.31. The van der Waals surface area contributed by atoms with E-state index in [-0.39, 0.29) is 37.6 Å². The molecule has 0 saturated carbocycles. The first kappa shape index (κ1) is 17.4. The topological polar surface area (TPSA) is 65.0 Å². The van der Waals surface area contributed by atoms with Crippen LogP contribution in [-0.4, -0.2) is 41.8 Å². The predicted octanol–water partition coefficient (Wildman–Crippen LogP) is 2.11. The molecular weight excluding hydrogens is 260 g/mol. The Bertz CT molecular complexity index is 317.